The van der Waals surface area contributed by atoms with Gasteiger partial charge >= 0.3 is 5.97 Å². The van der Waals surface area contributed by atoms with Crippen LogP contribution >= 0.6 is 0 Å². The summed E-state index contributed by atoms with van der Waals surface area (Å²) in [7, 11) is 0. The quantitative estimate of drug-likeness (QED) is 0.656. The van der Waals surface area contributed by atoms with Gasteiger partial charge < -0.3 is 20.1 Å². The van der Waals surface area contributed by atoms with E-state index in [9.17, 15) is 4.79 Å². The molecule has 0 saturated carbocycles. The van der Waals surface area contributed by atoms with Crippen LogP contribution in [0.25, 0.3) is 0 Å². The summed E-state index contributed by atoms with van der Waals surface area (Å²) in [6.07, 6.45) is 2.10. The molecule has 0 radical (unpaired) electrons. The van der Waals surface area contributed by atoms with Gasteiger partial charge in [0.15, 0.2) is 0 Å². The van der Waals surface area contributed by atoms with Crippen molar-refractivity contribution in [3.8, 4) is 0 Å². The molecule has 3 N–H and O–H groups in total. The Labute approximate surface area is 130 Å². The van der Waals surface area contributed by atoms with E-state index in [1.54, 1.807) is 6.92 Å². The lowest BCUT2D eigenvalue weighted by Crippen LogP contribution is -2.20. The SMILES string of the molecule is CCC(C)C(O)CO.CCC(C)O.CCC(C)OC(C)=O. The standard InChI is InChI=1S/C6H12O2.C6H14O2.C4H10O/c1-4-5(2)8-6(3)7;1-3-5(2)6(8)4-7;1-3-4(2)5/h5H,4H2,1-3H3;5-8H,3-4H2,1-2H3;4-5H,3H2,1-2H3. The fourth-order valence-corrected chi connectivity index (χ4v) is 0.819. The molecule has 0 aromatic carbocycles. The van der Waals surface area contributed by atoms with Crippen LogP contribution < -0.4 is 0 Å². The molecule has 0 spiro atoms. The van der Waals surface area contributed by atoms with Gasteiger partial charge in [-0.3, -0.25) is 4.79 Å². The summed E-state index contributed by atoms with van der Waals surface area (Å²) in [5.74, 6) is 0.0272. The number of rotatable bonds is 6. The second kappa shape index (κ2) is 17.4. The number of esters is 1. The minimum atomic E-state index is -0.528. The number of carbonyl (C=O) groups excluding carboxylic acids is 1. The van der Waals surface area contributed by atoms with Gasteiger partial charge in [-0.05, 0) is 32.6 Å². The molecule has 0 aromatic heterocycles. The molecule has 0 saturated heterocycles. The zero-order valence-corrected chi connectivity index (χ0v) is 14.8. The number of hydrogen-bond donors (Lipinski definition) is 3. The van der Waals surface area contributed by atoms with E-state index >= 15 is 0 Å². The average Bonchev–Trinajstić information content (AvgIpc) is 2.45. The molecule has 0 fully saturated rings. The van der Waals surface area contributed by atoms with Gasteiger partial charge in [0.05, 0.1) is 24.9 Å². The van der Waals surface area contributed by atoms with Crippen molar-refractivity contribution >= 4 is 5.97 Å². The van der Waals surface area contributed by atoms with Gasteiger partial charge in [0.1, 0.15) is 0 Å². The lowest BCUT2D eigenvalue weighted by Gasteiger charge is -2.12. The molecule has 0 bridgehead atoms. The molecule has 5 nitrogen and oxygen atoms in total. The van der Waals surface area contributed by atoms with Crippen molar-refractivity contribution in [2.75, 3.05) is 6.61 Å². The predicted octanol–water partition coefficient (Wildman–Crippen LogP) is 2.51. The molecule has 21 heavy (non-hydrogen) atoms. The highest BCUT2D eigenvalue weighted by molar-refractivity contribution is 5.66. The molecular formula is C16H36O5. The van der Waals surface area contributed by atoms with E-state index in [1.807, 2.05) is 34.6 Å². The summed E-state index contributed by atoms with van der Waals surface area (Å²) in [5, 5.41) is 25.6. The van der Waals surface area contributed by atoms with E-state index in [0.717, 1.165) is 19.3 Å². The van der Waals surface area contributed by atoms with E-state index < -0.39 is 6.10 Å². The van der Waals surface area contributed by atoms with Crippen LogP contribution in [0.2, 0.25) is 0 Å². The largest absolute Gasteiger partial charge is 0.463 e. The van der Waals surface area contributed by atoms with Crippen molar-refractivity contribution in [3.63, 3.8) is 0 Å². The minimum Gasteiger partial charge on any atom is -0.463 e. The Morgan fingerprint density at radius 3 is 1.52 bits per heavy atom. The van der Waals surface area contributed by atoms with Crippen LogP contribution in [0.3, 0.4) is 0 Å². The third kappa shape index (κ3) is 24.7. The van der Waals surface area contributed by atoms with Crippen molar-refractivity contribution in [2.45, 2.75) is 86.0 Å². The monoisotopic (exact) mass is 308 g/mol. The zero-order chi connectivity index (χ0) is 17.4. The smallest absolute Gasteiger partial charge is 0.302 e. The van der Waals surface area contributed by atoms with E-state index in [-0.39, 0.29) is 30.7 Å². The van der Waals surface area contributed by atoms with Crippen molar-refractivity contribution < 1.29 is 24.9 Å². The summed E-state index contributed by atoms with van der Waals surface area (Å²) >= 11 is 0. The third-order valence-corrected chi connectivity index (χ3v) is 3.02. The van der Waals surface area contributed by atoms with Crippen LogP contribution in [-0.2, 0) is 9.53 Å². The molecule has 0 aliphatic heterocycles. The highest BCUT2D eigenvalue weighted by atomic mass is 16.5. The molecular weight excluding hydrogens is 272 g/mol. The minimum absolute atomic E-state index is 0.0764. The topological polar surface area (TPSA) is 87.0 Å². The Hall–Kier alpha value is -0.650. The molecule has 4 atom stereocenters. The van der Waals surface area contributed by atoms with Gasteiger partial charge in [-0.25, -0.2) is 0 Å². The van der Waals surface area contributed by atoms with Crippen LogP contribution in [0.15, 0.2) is 0 Å². The Bertz CT molecular complexity index is 211. The lowest BCUT2D eigenvalue weighted by molar-refractivity contribution is -0.145. The number of hydrogen-bond acceptors (Lipinski definition) is 5. The van der Waals surface area contributed by atoms with E-state index in [4.69, 9.17) is 20.1 Å². The summed E-state index contributed by atoms with van der Waals surface area (Å²) in [5.41, 5.74) is 0. The zero-order valence-electron chi connectivity index (χ0n) is 14.8. The van der Waals surface area contributed by atoms with E-state index in [1.165, 1.54) is 6.92 Å². The Kier molecular flexibility index (Phi) is 21.0. The van der Waals surface area contributed by atoms with Crippen LogP contribution in [-0.4, -0.2) is 46.2 Å². The van der Waals surface area contributed by atoms with Gasteiger partial charge in [0, 0.05) is 6.92 Å². The summed E-state index contributed by atoms with van der Waals surface area (Å²) in [4.78, 5) is 10.2. The molecule has 0 aliphatic rings. The second-order valence-corrected chi connectivity index (χ2v) is 5.22. The number of ether oxygens (including phenoxy) is 1. The number of aliphatic hydroxyl groups excluding tert-OH is 3. The molecule has 0 aromatic rings. The first kappa shape index (κ1) is 25.3. The Balaban J connectivity index is -0.000000239. The van der Waals surface area contributed by atoms with Gasteiger partial charge in [-0.15, -0.1) is 0 Å². The lowest BCUT2D eigenvalue weighted by atomic mass is 10.0. The first-order chi connectivity index (χ1) is 9.65. The molecule has 0 aliphatic carbocycles. The second-order valence-electron chi connectivity index (χ2n) is 5.22. The molecule has 0 amide bonds. The third-order valence-electron chi connectivity index (χ3n) is 3.02. The molecule has 0 heterocycles. The molecule has 0 rings (SSSR count). The fraction of sp³-hybridized carbons (Fsp3) is 0.938. The van der Waals surface area contributed by atoms with Crippen molar-refractivity contribution in [3.05, 3.63) is 0 Å². The first-order valence-electron chi connectivity index (χ1n) is 7.80. The number of carbonyl (C=O) groups is 1. The molecule has 5 heteroatoms. The Morgan fingerprint density at radius 1 is 1.00 bits per heavy atom. The highest BCUT2D eigenvalue weighted by Gasteiger charge is 2.08. The van der Waals surface area contributed by atoms with Crippen molar-refractivity contribution in [1.29, 1.82) is 0 Å². The van der Waals surface area contributed by atoms with E-state index in [0.29, 0.717) is 0 Å². The van der Waals surface area contributed by atoms with Gasteiger partial charge in [0.2, 0.25) is 0 Å². The molecule has 4 unspecified atom stereocenters. The van der Waals surface area contributed by atoms with E-state index in [2.05, 4.69) is 0 Å². The number of aliphatic hydroxyl groups is 3. The van der Waals surface area contributed by atoms with Crippen LogP contribution in [0, 0.1) is 5.92 Å². The maximum Gasteiger partial charge on any atom is 0.302 e. The maximum absolute atomic E-state index is 10.2. The summed E-state index contributed by atoms with van der Waals surface area (Å²) in [6.45, 7) is 12.8. The van der Waals surface area contributed by atoms with Crippen LogP contribution in [0.1, 0.15) is 67.7 Å². The van der Waals surface area contributed by atoms with Crippen molar-refractivity contribution in [1.82, 2.24) is 0 Å². The van der Waals surface area contributed by atoms with Gasteiger partial charge in [-0.2, -0.15) is 0 Å². The van der Waals surface area contributed by atoms with Gasteiger partial charge in [0.25, 0.3) is 0 Å². The highest BCUT2D eigenvalue weighted by Crippen LogP contribution is 2.05. The van der Waals surface area contributed by atoms with Crippen LogP contribution in [0.4, 0.5) is 0 Å². The molecule has 130 valence electrons. The first-order valence-corrected chi connectivity index (χ1v) is 7.80. The summed E-state index contributed by atoms with van der Waals surface area (Å²) < 4.78 is 4.76. The normalized spacial score (nSPS) is 15.3. The Morgan fingerprint density at radius 2 is 1.43 bits per heavy atom. The van der Waals surface area contributed by atoms with Gasteiger partial charge in [-0.1, -0.05) is 34.1 Å². The summed E-state index contributed by atoms with van der Waals surface area (Å²) in [6, 6.07) is 0. The predicted molar refractivity (Wildman–Crippen MR) is 86.0 cm³/mol. The fourth-order valence-electron chi connectivity index (χ4n) is 0.819. The van der Waals surface area contributed by atoms with Crippen LogP contribution in [0.5, 0.6) is 0 Å². The average molecular weight is 308 g/mol. The maximum atomic E-state index is 10.2. The van der Waals surface area contributed by atoms with Crippen molar-refractivity contribution in [2.24, 2.45) is 5.92 Å².